The fourth-order valence-electron chi connectivity index (χ4n) is 1.44. The van der Waals surface area contributed by atoms with Crippen LogP contribution < -0.4 is 5.32 Å². The standard InChI is InChI=1S/C8H16NO3P/c1-8(12-13-7(10)11)4-2-3-5-9-6-8/h9,13H,2-6H2,1H3,(H,10,11). The quantitative estimate of drug-likeness (QED) is 0.690. The maximum atomic E-state index is 10.3. The molecule has 76 valence electrons. The first-order valence-corrected chi connectivity index (χ1v) is 5.41. The largest absolute Gasteiger partial charge is 0.477 e. The Balaban J connectivity index is 2.37. The molecule has 0 radical (unpaired) electrons. The lowest BCUT2D eigenvalue weighted by atomic mass is 10.0. The van der Waals surface area contributed by atoms with Crippen LogP contribution in [0.5, 0.6) is 0 Å². The lowest BCUT2D eigenvalue weighted by Gasteiger charge is -2.27. The van der Waals surface area contributed by atoms with Crippen LogP contribution in [0.15, 0.2) is 0 Å². The summed E-state index contributed by atoms with van der Waals surface area (Å²) in [6.07, 6.45) is 3.20. The summed E-state index contributed by atoms with van der Waals surface area (Å²) >= 11 is 0. The van der Waals surface area contributed by atoms with Crippen molar-refractivity contribution >= 4 is 14.5 Å². The van der Waals surface area contributed by atoms with Crippen molar-refractivity contribution in [2.75, 3.05) is 13.1 Å². The molecule has 1 rings (SSSR count). The van der Waals surface area contributed by atoms with Crippen molar-refractivity contribution < 1.29 is 14.4 Å². The molecule has 0 bridgehead atoms. The number of rotatable bonds is 3. The van der Waals surface area contributed by atoms with Crippen molar-refractivity contribution in [3.05, 3.63) is 0 Å². The van der Waals surface area contributed by atoms with Crippen molar-refractivity contribution in [1.29, 1.82) is 0 Å². The molecule has 0 aromatic carbocycles. The van der Waals surface area contributed by atoms with E-state index in [0.29, 0.717) is 0 Å². The van der Waals surface area contributed by atoms with Gasteiger partial charge in [-0.2, -0.15) is 0 Å². The number of nitrogens with one attached hydrogen (secondary N) is 1. The summed E-state index contributed by atoms with van der Waals surface area (Å²) in [7, 11) is -0.436. The van der Waals surface area contributed by atoms with E-state index >= 15 is 0 Å². The third kappa shape index (κ3) is 4.03. The molecule has 2 atom stereocenters. The molecular formula is C8H16NO3P. The molecule has 13 heavy (non-hydrogen) atoms. The van der Waals surface area contributed by atoms with Crippen molar-refractivity contribution in [2.24, 2.45) is 0 Å². The molecule has 2 N–H and O–H groups in total. The molecule has 0 amide bonds. The van der Waals surface area contributed by atoms with Crippen molar-refractivity contribution in [3.8, 4) is 0 Å². The molecule has 5 heteroatoms. The third-order valence-electron chi connectivity index (χ3n) is 2.19. The molecule has 4 nitrogen and oxygen atoms in total. The van der Waals surface area contributed by atoms with Gasteiger partial charge in [-0.15, -0.1) is 0 Å². The topological polar surface area (TPSA) is 58.6 Å². The van der Waals surface area contributed by atoms with E-state index < -0.39 is 14.5 Å². The van der Waals surface area contributed by atoms with E-state index in [0.717, 1.165) is 32.4 Å². The highest BCUT2D eigenvalue weighted by atomic mass is 31.1. The summed E-state index contributed by atoms with van der Waals surface area (Å²) in [5, 5.41) is 11.7. The third-order valence-corrected chi connectivity index (χ3v) is 2.96. The lowest BCUT2D eigenvalue weighted by molar-refractivity contribution is 0.103. The number of hydrogen-bond acceptors (Lipinski definition) is 3. The fraction of sp³-hybridized carbons (Fsp3) is 0.875. The highest BCUT2D eigenvalue weighted by Crippen LogP contribution is 2.29. The molecule has 0 saturated carbocycles. The SMILES string of the molecule is CC1(OPC(=O)O)CCCCNC1. The second kappa shape index (κ2) is 4.89. The minimum absolute atomic E-state index is 0.284. The van der Waals surface area contributed by atoms with E-state index in [1.165, 1.54) is 0 Å². The maximum absolute atomic E-state index is 10.3. The van der Waals surface area contributed by atoms with Crippen molar-refractivity contribution in [1.82, 2.24) is 5.32 Å². The Bertz CT molecular complexity index is 178. The molecule has 0 spiro atoms. The van der Waals surface area contributed by atoms with Gasteiger partial charge in [0.05, 0.1) is 5.60 Å². The van der Waals surface area contributed by atoms with Crippen LogP contribution in [0.4, 0.5) is 4.79 Å². The van der Waals surface area contributed by atoms with Gasteiger partial charge in [0.15, 0.2) is 0 Å². The molecule has 1 heterocycles. The van der Waals surface area contributed by atoms with Crippen LogP contribution in [0.2, 0.25) is 0 Å². The number of hydrogen-bond donors (Lipinski definition) is 2. The van der Waals surface area contributed by atoms with Crippen LogP contribution >= 0.6 is 8.81 Å². The first kappa shape index (κ1) is 10.9. The van der Waals surface area contributed by atoms with Gasteiger partial charge >= 0.3 is 5.71 Å². The van der Waals surface area contributed by atoms with Gasteiger partial charge in [-0.1, -0.05) is 0 Å². The maximum Gasteiger partial charge on any atom is 0.348 e. The summed E-state index contributed by atoms with van der Waals surface area (Å²) in [6.45, 7) is 3.74. The summed E-state index contributed by atoms with van der Waals surface area (Å²) < 4.78 is 5.38. The van der Waals surface area contributed by atoms with E-state index in [4.69, 9.17) is 9.63 Å². The second-order valence-corrected chi connectivity index (χ2v) is 4.43. The van der Waals surface area contributed by atoms with E-state index in [-0.39, 0.29) is 5.60 Å². The molecule has 2 unspecified atom stereocenters. The van der Waals surface area contributed by atoms with Crippen molar-refractivity contribution in [2.45, 2.75) is 31.8 Å². The smallest absolute Gasteiger partial charge is 0.348 e. The lowest BCUT2D eigenvalue weighted by Crippen LogP contribution is -2.36. The Morgan fingerprint density at radius 3 is 3.08 bits per heavy atom. The molecule has 1 saturated heterocycles. The Hall–Kier alpha value is -0.180. The molecule has 0 aromatic rings. The molecule has 1 fully saturated rings. The Morgan fingerprint density at radius 1 is 1.62 bits per heavy atom. The van der Waals surface area contributed by atoms with Gasteiger partial charge in [-0.05, 0) is 32.7 Å². The van der Waals surface area contributed by atoms with Gasteiger partial charge in [0, 0.05) is 6.54 Å². The first-order valence-electron chi connectivity index (χ1n) is 4.50. The van der Waals surface area contributed by atoms with E-state index in [1.54, 1.807) is 0 Å². The van der Waals surface area contributed by atoms with E-state index in [9.17, 15) is 4.79 Å². The Morgan fingerprint density at radius 2 is 2.38 bits per heavy atom. The summed E-state index contributed by atoms with van der Waals surface area (Å²) in [5.74, 6) is 0. The van der Waals surface area contributed by atoms with Crippen molar-refractivity contribution in [3.63, 3.8) is 0 Å². The zero-order chi connectivity index (χ0) is 9.73. The summed E-state index contributed by atoms with van der Waals surface area (Å²) in [4.78, 5) is 10.3. The molecular weight excluding hydrogens is 189 g/mol. The first-order chi connectivity index (χ1) is 6.12. The van der Waals surface area contributed by atoms with Gasteiger partial charge < -0.3 is 14.9 Å². The van der Waals surface area contributed by atoms with Gasteiger partial charge in [-0.25, -0.2) is 4.79 Å². The minimum Gasteiger partial charge on any atom is -0.477 e. The van der Waals surface area contributed by atoms with Crippen LogP contribution in [0, 0.1) is 0 Å². The Labute approximate surface area is 79.9 Å². The Kier molecular flexibility index (Phi) is 4.10. The zero-order valence-electron chi connectivity index (χ0n) is 7.80. The van der Waals surface area contributed by atoms with Gasteiger partial charge in [0.2, 0.25) is 0 Å². The van der Waals surface area contributed by atoms with E-state index in [1.807, 2.05) is 6.92 Å². The number of carbonyl (C=O) groups is 1. The second-order valence-electron chi connectivity index (χ2n) is 3.59. The van der Waals surface area contributed by atoms with Gasteiger partial charge in [0.1, 0.15) is 8.81 Å². The fourth-order valence-corrected chi connectivity index (χ4v) is 1.95. The summed E-state index contributed by atoms with van der Waals surface area (Å²) in [6, 6.07) is 0. The van der Waals surface area contributed by atoms with Crippen LogP contribution in [0.25, 0.3) is 0 Å². The zero-order valence-corrected chi connectivity index (χ0v) is 8.80. The molecule has 1 aliphatic rings. The highest BCUT2D eigenvalue weighted by Gasteiger charge is 2.27. The molecule has 0 aromatic heterocycles. The molecule has 1 aliphatic heterocycles. The normalized spacial score (nSPS) is 30.5. The summed E-state index contributed by atoms with van der Waals surface area (Å²) in [5.41, 5.74) is -1.15. The van der Waals surface area contributed by atoms with E-state index in [2.05, 4.69) is 5.32 Å². The average molecular weight is 205 g/mol. The van der Waals surface area contributed by atoms with Gasteiger partial charge in [0.25, 0.3) is 0 Å². The highest BCUT2D eigenvalue weighted by molar-refractivity contribution is 7.52. The van der Waals surface area contributed by atoms with Crippen LogP contribution in [-0.2, 0) is 4.52 Å². The minimum atomic E-state index is -0.870. The van der Waals surface area contributed by atoms with Crippen LogP contribution in [-0.4, -0.2) is 29.5 Å². The van der Waals surface area contributed by atoms with Crippen LogP contribution in [0.3, 0.4) is 0 Å². The predicted octanol–water partition coefficient (Wildman–Crippen LogP) is 1.81. The van der Waals surface area contributed by atoms with Gasteiger partial charge in [-0.3, -0.25) is 0 Å². The molecule has 0 aliphatic carbocycles. The number of carboxylic acid groups (broad SMARTS) is 1. The monoisotopic (exact) mass is 205 g/mol. The average Bonchev–Trinajstić information content (AvgIpc) is 2.28. The predicted molar refractivity (Wildman–Crippen MR) is 52.6 cm³/mol. The van der Waals surface area contributed by atoms with Crippen LogP contribution in [0.1, 0.15) is 26.2 Å².